The van der Waals surface area contributed by atoms with Gasteiger partial charge < -0.3 is 9.47 Å². The molecule has 1 aromatic heterocycles. The topological polar surface area (TPSA) is 41.4 Å². The van der Waals surface area contributed by atoms with E-state index in [0.29, 0.717) is 6.42 Å². The Morgan fingerprint density at radius 3 is 2.58 bits per heavy atom. The molecule has 0 bridgehead atoms. The molecule has 0 aromatic carbocycles. The Morgan fingerprint density at radius 2 is 1.95 bits per heavy atom. The van der Waals surface area contributed by atoms with Gasteiger partial charge in [0.15, 0.2) is 0 Å². The van der Waals surface area contributed by atoms with Gasteiger partial charge in [-0.2, -0.15) is 0 Å². The van der Waals surface area contributed by atoms with Crippen LogP contribution in [0.5, 0.6) is 0 Å². The number of nitrogens with zero attached hydrogens (tertiary/aromatic N) is 4. The fraction of sp³-hybridized carbons (Fsp3) is 0.714. The highest BCUT2D eigenvalue weighted by atomic mass is 16.2. The van der Waals surface area contributed by atoms with Crippen LogP contribution in [-0.4, -0.2) is 58.0 Å². The summed E-state index contributed by atoms with van der Waals surface area (Å²) < 4.78 is 2.23. The van der Waals surface area contributed by atoms with Crippen LogP contribution in [0.2, 0.25) is 0 Å². The number of carbonyl (C=O) groups is 1. The number of aryl methyl sites for hydroxylation is 1. The molecule has 106 valence electrons. The number of amides is 1. The van der Waals surface area contributed by atoms with Crippen molar-refractivity contribution in [2.24, 2.45) is 0 Å². The standard InChI is InChI=1S/C14H24N4O/c1-3-13-15-5-6-17(13)10-7-16-8-11-18(12-9-16)14(19)4-2/h5-6H,3-4,7-12H2,1-2H3. The molecule has 1 saturated heterocycles. The molecule has 1 aliphatic heterocycles. The summed E-state index contributed by atoms with van der Waals surface area (Å²) in [6.45, 7) is 9.81. The summed E-state index contributed by atoms with van der Waals surface area (Å²) in [7, 11) is 0. The largest absolute Gasteiger partial charge is 0.340 e. The van der Waals surface area contributed by atoms with Gasteiger partial charge in [-0.05, 0) is 0 Å². The van der Waals surface area contributed by atoms with Crippen LogP contribution in [0, 0.1) is 0 Å². The fourth-order valence-electron chi connectivity index (χ4n) is 2.55. The van der Waals surface area contributed by atoms with Crippen molar-refractivity contribution in [3.05, 3.63) is 18.2 Å². The first-order chi connectivity index (χ1) is 9.24. The van der Waals surface area contributed by atoms with Gasteiger partial charge in [0.2, 0.25) is 5.91 Å². The molecule has 19 heavy (non-hydrogen) atoms. The zero-order chi connectivity index (χ0) is 13.7. The molecule has 0 radical (unpaired) electrons. The molecule has 0 N–H and O–H groups in total. The minimum atomic E-state index is 0.280. The molecule has 1 fully saturated rings. The molecule has 5 nitrogen and oxygen atoms in total. The van der Waals surface area contributed by atoms with Gasteiger partial charge in [0.1, 0.15) is 5.82 Å². The van der Waals surface area contributed by atoms with E-state index in [9.17, 15) is 4.79 Å². The van der Waals surface area contributed by atoms with Gasteiger partial charge in [-0.1, -0.05) is 13.8 Å². The average Bonchev–Trinajstić information content (AvgIpc) is 2.92. The van der Waals surface area contributed by atoms with Crippen molar-refractivity contribution in [2.45, 2.75) is 33.2 Å². The Bertz CT molecular complexity index is 407. The Kier molecular flexibility index (Phi) is 4.96. The third-order valence-corrected chi connectivity index (χ3v) is 3.80. The van der Waals surface area contributed by atoms with E-state index in [1.165, 1.54) is 0 Å². The van der Waals surface area contributed by atoms with Crippen molar-refractivity contribution < 1.29 is 4.79 Å². The smallest absolute Gasteiger partial charge is 0.222 e. The van der Waals surface area contributed by atoms with Gasteiger partial charge >= 0.3 is 0 Å². The summed E-state index contributed by atoms with van der Waals surface area (Å²) in [4.78, 5) is 20.3. The maximum absolute atomic E-state index is 11.6. The molecule has 1 amide bonds. The molecule has 1 aromatic rings. The SMILES string of the molecule is CCC(=O)N1CCN(CCn2ccnc2CC)CC1. The van der Waals surface area contributed by atoms with Crippen molar-refractivity contribution in [1.29, 1.82) is 0 Å². The Balaban J connectivity index is 1.75. The summed E-state index contributed by atoms with van der Waals surface area (Å²) >= 11 is 0. The van der Waals surface area contributed by atoms with Crippen molar-refractivity contribution in [1.82, 2.24) is 19.4 Å². The van der Waals surface area contributed by atoms with Crippen LogP contribution in [0.3, 0.4) is 0 Å². The average molecular weight is 264 g/mol. The second-order valence-electron chi connectivity index (χ2n) is 4.97. The minimum absolute atomic E-state index is 0.280. The maximum Gasteiger partial charge on any atom is 0.222 e. The highest BCUT2D eigenvalue weighted by Gasteiger charge is 2.19. The van der Waals surface area contributed by atoms with E-state index in [-0.39, 0.29) is 5.91 Å². The van der Waals surface area contributed by atoms with Crippen LogP contribution in [0.4, 0.5) is 0 Å². The normalized spacial score (nSPS) is 16.8. The molecular weight excluding hydrogens is 240 g/mol. The molecule has 2 rings (SSSR count). The molecule has 2 heterocycles. The quantitative estimate of drug-likeness (QED) is 0.796. The Labute approximate surface area is 115 Å². The molecule has 0 spiro atoms. The third kappa shape index (κ3) is 3.56. The molecule has 0 saturated carbocycles. The zero-order valence-electron chi connectivity index (χ0n) is 12.0. The molecule has 5 heteroatoms. The lowest BCUT2D eigenvalue weighted by Gasteiger charge is -2.34. The van der Waals surface area contributed by atoms with E-state index in [1.54, 1.807) is 0 Å². The summed E-state index contributed by atoms with van der Waals surface area (Å²) in [5.41, 5.74) is 0. The molecular formula is C14H24N4O. The first kappa shape index (κ1) is 14.1. The van der Waals surface area contributed by atoms with Crippen molar-refractivity contribution >= 4 is 5.91 Å². The van der Waals surface area contributed by atoms with Crippen molar-refractivity contribution in [3.63, 3.8) is 0 Å². The van der Waals surface area contributed by atoms with Crippen LogP contribution in [-0.2, 0) is 17.8 Å². The predicted molar refractivity (Wildman–Crippen MR) is 74.9 cm³/mol. The fourth-order valence-corrected chi connectivity index (χ4v) is 2.55. The third-order valence-electron chi connectivity index (χ3n) is 3.80. The lowest BCUT2D eigenvalue weighted by molar-refractivity contribution is -0.132. The summed E-state index contributed by atoms with van der Waals surface area (Å²) in [6.07, 6.45) is 5.52. The van der Waals surface area contributed by atoms with Crippen molar-refractivity contribution in [3.8, 4) is 0 Å². The summed E-state index contributed by atoms with van der Waals surface area (Å²) in [5.74, 6) is 1.43. The van der Waals surface area contributed by atoms with E-state index in [1.807, 2.05) is 18.0 Å². The number of piperazine rings is 1. The monoisotopic (exact) mass is 264 g/mol. The van der Waals surface area contributed by atoms with Crippen LogP contribution in [0.1, 0.15) is 26.1 Å². The van der Waals surface area contributed by atoms with E-state index >= 15 is 0 Å². The number of hydrogen-bond acceptors (Lipinski definition) is 3. The first-order valence-corrected chi connectivity index (χ1v) is 7.24. The Hall–Kier alpha value is -1.36. The van der Waals surface area contributed by atoms with Crippen LogP contribution in [0.15, 0.2) is 12.4 Å². The van der Waals surface area contributed by atoms with Gasteiger partial charge in [0.05, 0.1) is 0 Å². The van der Waals surface area contributed by atoms with Crippen LogP contribution >= 0.6 is 0 Å². The van der Waals surface area contributed by atoms with Gasteiger partial charge in [-0.25, -0.2) is 4.98 Å². The number of rotatable bonds is 5. The van der Waals surface area contributed by atoms with Gasteiger partial charge in [-0.15, -0.1) is 0 Å². The van der Waals surface area contributed by atoms with Gasteiger partial charge in [0.25, 0.3) is 0 Å². The highest BCUT2D eigenvalue weighted by Crippen LogP contribution is 2.05. The van der Waals surface area contributed by atoms with Crippen LogP contribution in [0.25, 0.3) is 0 Å². The second-order valence-corrected chi connectivity index (χ2v) is 4.97. The van der Waals surface area contributed by atoms with E-state index in [0.717, 1.165) is 51.5 Å². The van der Waals surface area contributed by atoms with E-state index in [2.05, 4.69) is 27.6 Å². The number of carbonyl (C=O) groups excluding carboxylic acids is 1. The lowest BCUT2D eigenvalue weighted by Crippen LogP contribution is -2.49. The molecule has 0 aliphatic carbocycles. The first-order valence-electron chi connectivity index (χ1n) is 7.24. The minimum Gasteiger partial charge on any atom is -0.340 e. The number of imidazole rings is 1. The molecule has 0 unspecified atom stereocenters. The molecule has 1 aliphatic rings. The van der Waals surface area contributed by atoms with Crippen LogP contribution < -0.4 is 0 Å². The predicted octanol–water partition coefficient (Wildman–Crippen LogP) is 1.000. The summed E-state index contributed by atoms with van der Waals surface area (Å²) in [5, 5.41) is 0. The van der Waals surface area contributed by atoms with E-state index < -0.39 is 0 Å². The number of aromatic nitrogens is 2. The molecule has 0 atom stereocenters. The zero-order valence-corrected chi connectivity index (χ0v) is 12.0. The van der Waals surface area contributed by atoms with Gasteiger partial charge in [-0.3, -0.25) is 9.69 Å². The van der Waals surface area contributed by atoms with E-state index in [4.69, 9.17) is 0 Å². The highest BCUT2D eigenvalue weighted by molar-refractivity contribution is 5.75. The lowest BCUT2D eigenvalue weighted by atomic mass is 10.3. The van der Waals surface area contributed by atoms with Gasteiger partial charge in [0, 0.05) is 64.5 Å². The Morgan fingerprint density at radius 1 is 1.21 bits per heavy atom. The maximum atomic E-state index is 11.6. The number of hydrogen-bond donors (Lipinski definition) is 0. The second kappa shape index (κ2) is 6.70. The van der Waals surface area contributed by atoms with Crippen molar-refractivity contribution in [2.75, 3.05) is 32.7 Å². The summed E-state index contributed by atoms with van der Waals surface area (Å²) in [6, 6.07) is 0.